The molecule has 0 aromatic heterocycles. The molecule has 0 bridgehead atoms. The second-order valence-corrected chi connectivity index (χ2v) is 7.47. The van der Waals surface area contributed by atoms with Crippen molar-refractivity contribution in [3.05, 3.63) is 47.0 Å². The number of amides is 3. The minimum absolute atomic E-state index is 0.0369. The Labute approximate surface area is 178 Å². The topological polar surface area (TPSA) is 97.0 Å². The summed E-state index contributed by atoms with van der Waals surface area (Å²) in [5.74, 6) is 0.0798. The van der Waals surface area contributed by atoms with Crippen LogP contribution >= 0.6 is 11.6 Å². The molecule has 0 spiro atoms. The van der Waals surface area contributed by atoms with E-state index in [1.807, 2.05) is 0 Å². The summed E-state index contributed by atoms with van der Waals surface area (Å²) >= 11 is 6.05. The molecule has 0 unspecified atom stereocenters. The maximum atomic E-state index is 13.1. The van der Waals surface area contributed by atoms with Crippen molar-refractivity contribution in [3.8, 4) is 11.5 Å². The van der Waals surface area contributed by atoms with E-state index >= 15 is 0 Å². The predicted molar refractivity (Wildman–Crippen MR) is 111 cm³/mol. The molecule has 2 heterocycles. The molecule has 0 radical (unpaired) electrons. The molecule has 156 valence electrons. The second kappa shape index (κ2) is 8.23. The number of carbonyl (C=O) groups is 3. The highest BCUT2D eigenvalue weighted by Gasteiger charge is 2.35. The van der Waals surface area contributed by atoms with E-state index < -0.39 is 6.04 Å². The first-order valence-corrected chi connectivity index (χ1v) is 9.86. The number of halogens is 1. The number of hydrogen-bond donors (Lipinski definition) is 2. The van der Waals surface area contributed by atoms with Gasteiger partial charge in [0.2, 0.25) is 5.91 Å². The van der Waals surface area contributed by atoms with E-state index in [9.17, 15) is 14.4 Å². The first-order chi connectivity index (χ1) is 14.5. The highest BCUT2D eigenvalue weighted by molar-refractivity contribution is 6.31. The Morgan fingerprint density at radius 3 is 2.90 bits per heavy atom. The van der Waals surface area contributed by atoms with E-state index in [0.717, 1.165) is 0 Å². The third-order valence-corrected chi connectivity index (χ3v) is 5.32. The molecule has 1 saturated heterocycles. The smallest absolute Gasteiger partial charge is 0.262 e. The van der Waals surface area contributed by atoms with E-state index in [4.69, 9.17) is 21.1 Å². The highest BCUT2D eigenvalue weighted by Crippen LogP contribution is 2.32. The number of fused-ring (bicyclic) bond motifs is 1. The number of methoxy groups -OCH3 is 1. The molecular formula is C21H20ClN3O5. The van der Waals surface area contributed by atoms with Gasteiger partial charge in [-0.25, -0.2) is 0 Å². The minimum atomic E-state index is -0.622. The molecule has 9 heteroatoms. The predicted octanol–water partition coefficient (Wildman–Crippen LogP) is 2.92. The van der Waals surface area contributed by atoms with Crippen LogP contribution in [0.2, 0.25) is 5.02 Å². The van der Waals surface area contributed by atoms with Gasteiger partial charge in [0.05, 0.1) is 18.4 Å². The van der Waals surface area contributed by atoms with E-state index in [1.54, 1.807) is 36.4 Å². The highest BCUT2D eigenvalue weighted by atomic mass is 35.5. The van der Waals surface area contributed by atoms with Crippen molar-refractivity contribution >= 4 is 40.7 Å². The van der Waals surface area contributed by atoms with Crippen molar-refractivity contribution < 1.29 is 23.9 Å². The third-order valence-electron chi connectivity index (χ3n) is 5.09. The lowest BCUT2D eigenvalue weighted by atomic mass is 10.1. The average molecular weight is 430 g/mol. The van der Waals surface area contributed by atoms with Gasteiger partial charge in [-0.05, 0) is 49.2 Å². The van der Waals surface area contributed by atoms with Crippen LogP contribution in [-0.4, -0.2) is 48.9 Å². The van der Waals surface area contributed by atoms with Crippen molar-refractivity contribution in [3.63, 3.8) is 0 Å². The van der Waals surface area contributed by atoms with E-state index in [1.165, 1.54) is 12.0 Å². The molecule has 0 saturated carbocycles. The largest absolute Gasteiger partial charge is 0.496 e. The molecule has 30 heavy (non-hydrogen) atoms. The fourth-order valence-corrected chi connectivity index (χ4v) is 3.84. The standard InChI is InChI=1S/C21H20ClN3O5/c1-29-17-6-4-12(22)9-14(17)21(28)25-8-2-3-16(25)20(27)23-13-5-7-18-15(10-13)24-19(26)11-30-18/h4-7,9-10,16H,2-3,8,11H2,1H3,(H,23,27)(H,24,26)/t16-/m1/s1. The molecular weight excluding hydrogens is 410 g/mol. The van der Waals surface area contributed by atoms with Gasteiger partial charge in [-0.2, -0.15) is 0 Å². The quantitative estimate of drug-likeness (QED) is 0.778. The Morgan fingerprint density at radius 2 is 2.10 bits per heavy atom. The number of rotatable bonds is 4. The molecule has 1 atom stereocenters. The van der Waals surface area contributed by atoms with Gasteiger partial charge in [0.1, 0.15) is 17.5 Å². The second-order valence-electron chi connectivity index (χ2n) is 7.04. The number of likely N-dealkylation sites (tertiary alicyclic amines) is 1. The zero-order valence-electron chi connectivity index (χ0n) is 16.2. The Hall–Kier alpha value is -3.26. The normalized spacial score (nSPS) is 17.6. The monoisotopic (exact) mass is 429 g/mol. The van der Waals surface area contributed by atoms with Crippen LogP contribution in [0.4, 0.5) is 11.4 Å². The van der Waals surface area contributed by atoms with Gasteiger partial charge in [-0.1, -0.05) is 11.6 Å². The van der Waals surface area contributed by atoms with Crippen LogP contribution in [0.3, 0.4) is 0 Å². The number of carbonyl (C=O) groups excluding carboxylic acids is 3. The van der Waals surface area contributed by atoms with Crippen LogP contribution in [0.15, 0.2) is 36.4 Å². The van der Waals surface area contributed by atoms with Crippen LogP contribution in [0.1, 0.15) is 23.2 Å². The Bertz CT molecular complexity index is 1030. The van der Waals surface area contributed by atoms with Crippen molar-refractivity contribution in [2.45, 2.75) is 18.9 Å². The summed E-state index contributed by atoms with van der Waals surface area (Å²) in [6, 6.07) is 9.19. The van der Waals surface area contributed by atoms with Crippen LogP contribution in [0.25, 0.3) is 0 Å². The number of hydrogen-bond acceptors (Lipinski definition) is 5. The molecule has 3 amide bonds. The van der Waals surface area contributed by atoms with Gasteiger partial charge in [0.25, 0.3) is 11.8 Å². The van der Waals surface area contributed by atoms with Gasteiger partial charge in [-0.15, -0.1) is 0 Å². The zero-order valence-corrected chi connectivity index (χ0v) is 17.0. The van der Waals surface area contributed by atoms with E-state index in [-0.39, 0.29) is 24.3 Å². The van der Waals surface area contributed by atoms with E-state index in [2.05, 4.69) is 10.6 Å². The molecule has 2 aliphatic heterocycles. The summed E-state index contributed by atoms with van der Waals surface area (Å²) in [6.07, 6.45) is 1.26. The van der Waals surface area contributed by atoms with Crippen molar-refractivity contribution in [1.29, 1.82) is 0 Å². The molecule has 2 N–H and O–H groups in total. The van der Waals surface area contributed by atoms with Crippen LogP contribution in [-0.2, 0) is 9.59 Å². The Morgan fingerprint density at radius 1 is 1.27 bits per heavy atom. The summed E-state index contributed by atoms with van der Waals surface area (Å²) in [6.45, 7) is 0.422. The first-order valence-electron chi connectivity index (χ1n) is 9.48. The van der Waals surface area contributed by atoms with Crippen molar-refractivity contribution in [2.75, 3.05) is 30.9 Å². The fourth-order valence-electron chi connectivity index (χ4n) is 3.67. The number of nitrogens with one attached hydrogen (secondary N) is 2. The lowest BCUT2D eigenvalue weighted by Gasteiger charge is -2.25. The number of anilines is 2. The van der Waals surface area contributed by atoms with Crippen molar-refractivity contribution in [1.82, 2.24) is 4.90 Å². The zero-order chi connectivity index (χ0) is 21.3. The number of benzene rings is 2. The fraction of sp³-hybridized carbons (Fsp3) is 0.286. The van der Waals surface area contributed by atoms with Crippen LogP contribution in [0, 0.1) is 0 Å². The van der Waals surface area contributed by atoms with Gasteiger partial charge in [0.15, 0.2) is 6.61 Å². The minimum Gasteiger partial charge on any atom is -0.496 e. The van der Waals surface area contributed by atoms with Crippen LogP contribution in [0.5, 0.6) is 11.5 Å². The lowest BCUT2D eigenvalue weighted by Crippen LogP contribution is -2.43. The van der Waals surface area contributed by atoms with Gasteiger partial charge in [-0.3, -0.25) is 14.4 Å². The molecule has 2 aliphatic rings. The SMILES string of the molecule is COc1ccc(Cl)cc1C(=O)N1CCC[C@@H]1C(=O)Nc1ccc2c(c1)NC(=O)CO2. The van der Waals surface area contributed by atoms with Gasteiger partial charge < -0.3 is 25.0 Å². The van der Waals surface area contributed by atoms with Crippen LogP contribution < -0.4 is 20.1 Å². The molecule has 4 rings (SSSR count). The van der Waals surface area contributed by atoms with Gasteiger partial charge >= 0.3 is 0 Å². The summed E-state index contributed by atoms with van der Waals surface area (Å²) < 4.78 is 10.6. The van der Waals surface area contributed by atoms with E-state index in [0.29, 0.717) is 52.8 Å². The molecule has 2 aromatic rings. The lowest BCUT2D eigenvalue weighted by molar-refractivity contribution is -0.120. The van der Waals surface area contributed by atoms with Gasteiger partial charge in [0, 0.05) is 17.3 Å². The number of ether oxygens (including phenoxy) is 2. The summed E-state index contributed by atoms with van der Waals surface area (Å²) in [5, 5.41) is 5.95. The maximum absolute atomic E-state index is 13.1. The van der Waals surface area contributed by atoms with Crippen molar-refractivity contribution in [2.24, 2.45) is 0 Å². The summed E-state index contributed by atoms with van der Waals surface area (Å²) in [4.78, 5) is 39.1. The Kier molecular flexibility index (Phi) is 5.50. The number of nitrogens with zero attached hydrogens (tertiary/aromatic N) is 1. The maximum Gasteiger partial charge on any atom is 0.262 e. The first kappa shape index (κ1) is 20.0. The molecule has 0 aliphatic carbocycles. The average Bonchev–Trinajstić information content (AvgIpc) is 3.23. The molecule has 8 nitrogen and oxygen atoms in total. The third kappa shape index (κ3) is 3.91. The molecule has 1 fully saturated rings. The summed E-state index contributed by atoms with van der Waals surface area (Å²) in [7, 11) is 1.48. The Balaban J connectivity index is 1.52. The molecule has 2 aromatic carbocycles. The summed E-state index contributed by atoms with van der Waals surface area (Å²) in [5.41, 5.74) is 1.31.